The third kappa shape index (κ3) is 3.51. The molecule has 0 bridgehead atoms. The molecule has 1 aromatic carbocycles. The van der Waals surface area contributed by atoms with Crippen LogP contribution in [0.15, 0.2) is 29.6 Å². The van der Waals surface area contributed by atoms with Crippen LogP contribution in [0.3, 0.4) is 0 Å². The SMILES string of the molecule is COc1ccc(/C=N\Nc2ncnc(Cl)c2N)cc1OC. The van der Waals surface area contributed by atoms with Gasteiger partial charge in [-0.2, -0.15) is 5.10 Å². The Kier molecular flexibility index (Phi) is 4.78. The van der Waals surface area contributed by atoms with Crippen LogP contribution in [0, 0.1) is 0 Å². The number of methoxy groups -OCH3 is 2. The molecule has 3 N–H and O–H groups in total. The third-order valence-corrected chi connectivity index (χ3v) is 2.93. The monoisotopic (exact) mass is 307 g/mol. The molecule has 7 nitrogen and oxygen atoms in total. The summed E-state index contributed by atoms with van der Waals surface area (Å²) in [5.74, 6) is 1.60. The van der Waals surface area contributed by atoms with Crippen molar-refractivity contribution in [2.24, 2.45) is 5.10 Å². The van der Waals surface area contributed by atoms with E-state index < -0.39 is 0 Å². The van der Waals surface area contributed by atoms with Crippen molar-refractivity contribution in [1.82, 2.24) is 9.97 Å². The van der Waals surface area contributed by atoms with Crippen molar-refractivity contribution in [3.8, 4) is 11.5 Å². The Morgan fingerprint density at radius 3 is 2.71 bits per heavy atom. The number of nitrogens with two attached hydrogens (primary N) is 1. The first-order valence-corrected chi connectivity index (χ1v) is 6.30. The number of nitrogens with one attached hydrogen (secondary N) is 1. The van der Waals surface area contributed by atoms with Gasteiger partial charge in [0.2, 0.25) is 0 Å². The molecule has 0 radical (unpaired) electrons. The van der Waals surface area contributed by atoms with E-state index in [1.165, 1.54) is 6.33 Å². The minimum Gasteiger partial charge on any atom is -0.493 e. The fraction of sp³-hybridized carbons (Fsp3) is 0.154. The van der Waals surface area contributed by atoms with E-state index in [2.05, 4.69) is 20.5 Å². The number of hydrazone groups is 1. The summed E-state index contributed by atoms with van der Waals surface area (Å²) in [6, 6.07) is 5.42. The van der Waals surface area contributed by atoms with Crippen LogP contribution in [-0.4, -0.2) is 30.4 Å². The summed E-state index contributed by atoms with van der Waals surface area (Å²) in [6.07, 6.45) is 2.89. The molecule has 0 amide bonds. The number of nitrogen functional groups attached to an aromatic ring is 1. The molecule has 110 valence electrons. The lowest BCUT2D eigenvalue weighted by molar-refractivity contribution is 0.355. The minimum atomic E-state index is 0.175. The predicted molar refractivity (Wildman–Crippen MR) is 82.2 cm³/mol. The van der Waals surface area contributed by atoms with Gasteiger partial charge >= 0.3 is 0 Å². The van der Waals surface area contributed by atoms with Gasteiger partial charge < -0.3 is 15.2 Å². The first-order valence-electron chi connectivity index (χ1n) is 5.92. The molecule has 0 atom stereocenters. The third-order valence-electron chi connectivity index (χ3n) is 2.63. The van der Waals surface area contributed by atoms with Crippen LogP contribution in [0.5, 0.6) is 11.5 Å². The summed E-state index contributed by atoms with van der Waals surface area (Å²) >= 11 is 5.78. The molecule has 0 unspecified atom stereocenters. The number of hydrogen-bond acceptors (Lipinski definition) is 7. The van der Waals surface area contributed by atoms with Crippen LogP contribution in [0.2, 0.25) is 5.15 Å². The van der Waals surface area contributed by atoms with E-state index in [0.717, 1.165) is 5.56 Å². The van der Waals surface area contributed by atoms with Crippen LogP contribution < -0.4 is 20.6 Å². The number of hydrogen-bond donors (Lipinski definition) is 2. The van der Waals surface area contributed by atoms with E-state index in [0.29, 0.717) is 17.3 Å². The number of rotatable bonds is 5. The lowest BCUT2D eigenvalue weighted by atomic mass is 10.2. The second-order valence-electron chi connectivity index (χ2n) is 3.91. The fourth-order valence-corrected chi connectivity index (χ4v) is 1.70. The number of ether oxygens (including phenoxy) is 2. The zero-order valence-electron chi connectivity index (χ0n) is 11.5. The topological polar surface area (TPSA) is 94.7 Å². The van der Waals surface area contributed by atoms with Gasteiger partial charge in [-0.15, -0.1) is 0 Å². The van der Waals surface area contributed by atoms with Crippen molar-refractivity contribution in [2.75, 3.05) is 25.4 Å². The van der Waals surface area contributed by atoms with Gasteiger partial charge in [0.25, 0.3) is 0 Å². The fourth-order valence-electron chi connectivity index (χ4n) is 1.56. The highest BCUT2D eigenvalue weighted by molar-refractivity contribution is 6.32. The normalized spacial score (nSPS) is 10.6. The Labute approximate surface area is 126 Å². The summed E-state index contributed by atoms with van der Waals surface area (Å²) in [7, 11) is 3.15. The largest absolute Gasteiger partial charge is 0.493 e. The van der Waals surface area contributed by atoms with Crippen LogP contribution in [-0.2, 0) is 0 Å². The minimum absolute atomic E-state index is 0.175. The molecule has 0 saturated carbocycles. The van der Waals surface area contributed by atoms with Crippen LogP contribution in [0.25, 0.3) is 0 Å². The van der Waals surface area contributed by atoms with Gasteiger partial charge in [0.15, 0.2) is 22.5 Å². The summed E-state index contributed by atoms with van der Waals surface area (Å²) in [5.41, 5.74) is 9.48. The maximum absolute atomic E-state index is 5.78. The molecule has 0 spiro atoms. The maximum Gasteiger partial charge on any atom is 0.174 e. The second-order valence-corrected chi connectivity index (χ2v) is 4.27. The quantitative estimate of drug-likeness (QED) is 0.499. The van der Waals surface area contributed by atoms with Crippen molar-refractivity contribution in [3.63, 3.8) is 0 Å². The highest BCUT2D eigenvalue weighted by Crippen LogP contribution is 2.27. The summed E-state index contributed by atoms with van der Waals surface area (Å²) in [6.45, 7) is 0. The van der Waals surface area contributed by atoms with Crippen LogP contribution in [0.4, 0.5) is 11.5 Å². The average molecular weight is 308 g/mol. The molecule has 0 fully saturated rings. The van der Waals surface area contributed by atoms with E-state index in [-0.39, 0.29) is 10.8 Å². The summed E-state index contributed by atoms with van der Waals surface area (Å²) < 4.78 is 10.4. The first kappa shape index (κ1) is 14.9. The standard InChI is InChI=1S/C13H14ClN5O2/c1-20-9-4-3-8(5-10(9)21-2)6-18-19-13-11(15)12(14)16-7-17-13/h3-7H,15H2,1-2H3,(H,16,17,19)/b18-6-. The van der Waals surface area contributed by atoms with Crippen molar-refractivity contribution in [2.45, 2.75) is 0 Å². The molecular formula is C13H14ClN5O2. The molecule has 8 heteroatoms. The number of anilines is 2. The van der Waals surface area contributed by atoms with Crippen molar-refractivity contribution in [3.05, 3.63) is 35.2 Å². The Morgan fingerprint density at radius 1 is 1.24 bits per heavy atom. The molecule has 21 heavy (non-hydrogen) atoms. The predicted octanol–water partition coefficient (Wildman–Crippen LogP) is 2.18. The average Bonchev–Trinajstić information content (AvgIpc) is 2.51. The molecule has 0 aliphatic rings. The smallest absolute Gasteiger partial charge is 0.174 e. The van der Waals surface area contributed by atoms with Gasteiger partial charge in [-0.25, -0.2) is 9.97 Å². The summed E-state index contributed by atoms with van der Waals surface area (Å²) in [4.78, 5) is 7.70. The van der Waals surface area contributed by atoms with Gasteiger partial charge in [-0.3, -0.25) is 5.43 Å². The molecular weight excluding hydrogens is 294 g/mol. The van der Waals surface area contributed by atoms with Gasteiger partial charge in [0.1, 0.15) is 12.0 Å². The molecule has 0 aliphatic carbocycles. The Morgan fingerprint density at radius 2 is 2.00 bits per heavy atom. The Bertz CT molecular complexity index is 663. The van der Waals surface area contributed by atoms with Crippen molar-refractivity contribution in [1.29, 1.82) is 0 Å². The molecule has 2 aromatic rings. The van der Waals surface area contributed by atoms with Gasteiger partial charge in [-0.1, -0.05) is 11.6 Å². The lowest BCUT2D eigenvalue weighted by Crippen LogP contribution is -2.01. The highest BCUT2D eigenvalue weighted by atomic mass is 35.5. The van der Waals surface area contributed by atoms with Crippen molar-refractivity contribution < 1.29 is 9.47 Å². The van der Waals surface area contributed by atoms with Gasteiger partial charge in [-0.05, 0) is 23.8 Å². The highest BCUT2D eigenvalue weighted by Gasteiger charge is 2.05. The van der Waals surface area contributed by atoms with Crippen molar-refractivity contribution >= 4 is 29.3 Å². The number of benzene rings is 1. The number of nitrogens with zero attached hydrogens (tertiary/aromatic N) is 3. The van der Waals surface area contributed by atoms with E-state index in [1.807, 2.05) is 6.07 Å². The Balaban J connectivity index is 2.13. The van der Waals surface area contributed by atoms with E-state index in [4.69, 9.17) is 26.8 Å². The molecule has 2 rings (SSSR count). The molecule has 1 aromatic heterocycles. The van der Waals surface area contributed by atoms with E-state index in [1.54, 1.807) is 32.6 Å². The van der Waals surface area contributed by atoms with Gasteiger partial charge in [0, 0.05) is 0 Å². The number of halogens is 1. The van der Waals surface area contributed by atoms with Crippen LogP contribution >= 0.6 is 11.6 Å². The summed E-state index contributed by atoms with van der Waals surface area (Å²) in [5, 5.41) is 4.22. The zero-order valence-corrected chi connectivity index (χ0v) is 12.3. The van der Waals surface area contributed by atoms with E-state index in [9.17, 15) is 0 Å². The Hall–Kier alpha value is -2.54. The maximum atomic E-state index is 5.78. The van der Waals surface area contributed by atoms with Crippen LogP contribution in [0.1, 0.15) is 5.56 Å². The molecule has 0 saturated heterocycles. The molecule has 0 aliphatic heterocycles. The zero-order chi connectivity index (χ0) is 15.2. The van der Waals surface area contributed by atoms with Gasteiger partial charge in [0.05, 0.1) is 20.4 Å². The second kappa shape index (κ2) is 6.76. The van der Waals surface area contributed by atoms with E-state index >= 15 is 0 Å². The first-order chi connectivity index (χ1) is 10.2. The molecule has 1 heterocycles. The number of aromatic nitrogens is 2. The lowest BCUT2D eigenvalue weighted by Gasteiger charge is -2.07.